The molecule has 80 valence electrons. The lowest BCUT2D eigenvalue weighted by atomic mass is 10.0. The van der Waals surface area contributed by atoms with Gasteiger partial charge in [0.15, 0.2) is 5.78 Å². The third kappa shape index (κ3) is 2.23. The van der Waals surface area contributed by atoms with Crippen LogP contribution in [-0.4, -0.2) is 15.8 Å². The van der Waals surface area contributed by atoms with Crippen LogP contribution in [0.3, 0.4) is 0 Å². The zero-order chi connectivity index (χ0) is 11.4. The maximum Gasteiger partial charge on any atom is 0.170 e. The smallest absolute Gasteiger partial charge is 0.170 e. The summed E-state index contributed by atoms with van der Waals surface area (Å²) in [6.45, 7) is 0. The zero-order valence-electron chi connectivity index (χ0n) is 8.63. The van der Waals surface area contributed by atoms with Crippen molar-refractivity contribution in [1.29, 1.82) is 0 Å². The Labute approximate surface area is 93.2 Å². The third-order valence-electron chi connectivity index (χ3n) is 2.27. The Hall–Kier alpha value is -2.23. The maximum atomic E-state index is 11.9. The second kappa shape index (κ2) is 4.53. The van der Waals surface area contributed by atoms with E-state index in [1.54, 1.807) is 24.7 Å². The number of Topliss-reactive ketones (excluding diaryl/α,β-unsaturated/α-hetero) is 1. The van der Waals surface area contributed by atoms with E-state index in [0.717, 1.165) is 5.56 Å². The van der Waals surface area contributed by atoms with Crippen LogP contribution in [0.5, 0.6) is 0 Å². The molecule has 0 aromatic carbocycles. The average molecular weight is 213 g/mol. The van der Waals surface area contributed by atoms with Gasteiger partial charge in [0.1, 0.15) is 0 Å². The van der Waals surface area contributed by atoms with Gasteiger partial charge in [-0.05, 0) is 23.8 Å². The second-order valence-corrected chi connectivity index (χ2v) is 3.42. The van der Waals surface area contributed by atoms with Crippen LogP contribution in [0, 0.1) is 0 Å². The number of hydrogen-bond donors (Lipinski definition) is 1. The summed E-state index contributed by atoms with van der Waals surface area (Å²) in [6, 6.07) is 5.24. The molecule has 0 aliphatic carbocycles. The molecule has 0 fully saturated rings. The first-order chi connectivity index (χ1) is 7.77. The maximum absolute atomic E-state index is 11.9. The summed E-state index contributed by atoms with van der Waals surface area (Å²) < 4.78 is 0. The number of rotatable bonds is 3. The standard InChI is InChI=1S/C12H11N3O/c13-11-3-6-15-8-10(11)12(16)7-9-1-4-14-5-2-9/h1-6,8H,7H2,(H2,13,15). The van der Waals surface area contributed by atoms with Crippen LogP contribution in [0.2, 0.25) is 0 Å². The normalized spacial score (nSPS) is 10.0. The summed E-state index contributed by atoms with van der Waals surface area (Å²) in [5, 5.41) is 0. The number of nitrogens with two attached hydrogens (primary N) is 1. The highest BCUT2D eigenvalue weighted by Crippen LogP contribution is 2.12. The van der Waals surface area contributed by atoms with E-state index in [1.807, 2.05) is 12.1 Å². The fraction of sp³-hybridized carbons (Fsp3) is 0.0833. The molecule has 2 N–H and O–H groups in total. The van der Waals surface area contributed by atoms with Gasteiger partial charge in [-0.3, -0.25) is 14.8 Å². The summed E-state index contributed by atoms with van der Waals surface area (Å²) in [5.41, 5.74) is 7.56. The molecule has 0 saturated heterocycles. The van der Waals surface area contributed by atoms with Gasteiger partial charge in [-0.2, -0.15) is 0 Å². The van der Waals surface area contributed by atoms with E-state index < -0.39 is 0 Å². The number of carbonyl (C=O) groups excluding carboxylic acids is 1. The Morgan fingerprint density at radius 3 is 2.50 bits per heavy atom. The molecule has 2 aromatic heterocycles. The van der Waals surface area contributed by atoms with E-state index in [9.17, 15) is 4.79 Å². The lowest BCUT2D eigenvalue weighted by molar-refractivity contribution is 0.0993. The average Bonchev–Trinajstić information content (AvgIpc) is 2.31. The second-order valence-electron chi connectivity index (χ2n) is 3.42. The number of nitrogen functional groups attached to an aromatic ring is 1. The van der Waals surface area contributed by atoms with Crippen molar-refractivity contribution in [3.8, 4) is 0 Å². The lowest BCUT2D eigenvalue weighted by Crippen LogP contribution is -2.07. The fourth-order valence-electron chi connectivity index (χ4n) is 1.42. The van der Waals surface area contributed by atoms with Crippen molar-refractivity contribution in [2.45, 2.75) is 6.42 Å². The van der Waals surface area contributed by atoms with Crippen molar-refractivity contribution in [2.24, 2.45) is 0 Å². The molecule has 2 aromatic rings. The zero-order valence-corrected chi connectivity index (χ0v) is 8.63. The SMILES string of the molecule is Nc1ccncc1C(=O)Cc1ccncc1. The molecule has 0 saturated carbocycles. The van der Waals surface area contributed by atoms with E-state index in [4.69, 9.17) is 5.73 Å². The van der Waals surface area contributed by atoms with Crippen LogP contribution in [0.25, 0.3) is 0 Å². The molecule has 0 radical (unpaired) electrons. The number of ketones is 1. The quantitative estimate of drug-likeness (QED) is 0.784. The Morgan fingerprint density at radius 1 is 1.12 bits per heavy atom. The van der Waals surface area contributed by atoms with Crippen molar-refractivity contribution in [3.05, 3.63) is 54.1 Å². The number of pyridine rings is 2. The molecule has 2 rings (SSSR count). The van der Waals surface area contributed by atoms with E-state index in [1.165, 1.54) is 6.20 Å². The van der Waals surface area contributed by atoms with Crippen molar-refractivity contribution in [2.75, 3.05) is 5.73 Å². The van der Waals surface area contributed by atoms with Crippen LogP contribution in [0.15, 0.2) is 43.0 Å². The fourth-order valence-corrected chi connectivity index (χ4v) is 1.42. The topological polar surface area (TPSA) is 68.9 Å². The highest BCUT2D eigenvalue weighted by Gasteiger charge is 2.10. The van der Waals surface area contributed by atoms with Crippen LogP contribution >= 0.6 is 0 Å². The molecule has 0 atom stereocenters. The van der Waals surface area contributed by atoms with Crippen LogP contribution in [0.1, 0.15) is 15.9 Å². The predicted molar refractivity (Wildman–Crippen MR) is 60.9 cm³/mol. The Morgan fingerprint density at radius 2 is 1.81 bits per heavy atom. The summed E-state index contributed by atoms with van der Waals surface area (Å²) in [6.07, 6.45) is 6.71. The van der Waals surface area contributed by atoms with E-state index in [2.05, 4.69) is 9.97 Å². The molecule has 0 spiro atoms. The van der Waals surface area contributed by atoms with Crippen LogP contribution < -0.4 is 5.73 Å². The summed E-state index contributed by atoms with van der Waals surface area (Å²) in [4.78, 5) is 19.7. The van der Waals surface area contributed by atoms with Gasteiger partial charge in [-0.25, -0.2) is 0 Å². The van der Waals surface area contributed by atoms with Gasteiger partial charge in [0.25, 0.3) is 0 Å². The molecular formula is C12H11N3O. The Balaban J connectivity index is 2.19. The lowest BCUT2D eigenvalue weighted by Gasteiger charge is -2.03. The number of nitrogens with zero attached hydrogens (tertiary/aromatic N) is 2. The predicted octanol–water partition coefficient (Wildman–Crippen LogP) is 1.48. The van der Waals surface area contributed by atoms with Gasteiger partial charge in [-0.15, -0.1) is 0 Å². The number of anilines is 1. The molecule has 4 nitrogen and oxygen atoms in total. The number of carbonyl (C=O) groups is 1. The first-order valence-corrected chi connectivity index (χ1v) is 4.89. The minimum absolute atomic E-state index is 0.0307. The van der Waals surface area contributed by atoms with Gasteiger partial charge in [0.2, 0.25) is 0 Å². The Kier molecular flexibility index (Phi) is 2.91. The van der Waals surface area contributed by atoms with Crippen molar-refractivity contribution in [1.82, 2.24) is 9.97 Å². The highest BCUT2D eigenvalue weighted by atomic mass is 16.1. The molecule has 0 aliphatic heterocycles. The monoisotopic (exact) mass is 213 g/mol. The molecule has 0 amide bonds. The van der Waals surface area contributed by atoms with E-state index in [0.29, 0.717) is 17.7 Å². The minimum atomic E-state index is -0.0307. The van der Waals surface area contributed by atoms with Crippen molar-refractivity contribution < 1.29 is 4.79 Å². The molecule has 0 aliphatic rings. The molecule has 2 heterocycles. The largest absolute Gasteiger partial charge is 0.398 e. The van der Waals surface area contributed by atoms with Gasteiger partial charge in [0, 0.05) is 36.9 Å². The Bertz CT molecular complexity index is 497. The van der Waals surface area contributed by atoms with Crippen LogP contribution in [-0.2, 0) is 6.42 Å². The minimum Gasteiger partial charge on any atom is -0.398 e. The third-order valence-corrected chi connectivity index (χ3v) is 2.27. The van der Waals surface area contributed by atoms with E-state index >= 15 is 0 Å². The van der Waals surface area contributed by atoms with Gasteiger partial charge in [0.05, 0.1) is 5.56 Å². The summed E-state index contributed by atoms with van der Waals surface area (Å²) in [7, 11) is 0. The molecule has 16 heavy (non-hydrogen) atoms. The molecule has 4 heteroatoms. The number of hydrogen-bond acceptors (Lipinski definition) is 4. The highest BCUT2D eigenvalue weighted by molar-refractivity contribution is 6.01. The van der Waals surface area contributed by atoms with Gasteiger partial charge >= 0.3 is 0 Å². The first-order valence-electron chi connectivity index (χ1n) is 4.89. The van der Waals surface area contributed by atoms with Crippen LogP contribution in [0.4, 0.5) is 5.69 Å². The molecule has 0 unspecified atom stereocenters. The van der Waals surface area contributed by atoms with Crippen molar-refractivity contribution >= 4 is 11.5 Å². The van der Waals surface area contributed by atoms with E-state index in [-0.39, 0.29) is 5.78 Å². The van der Waals surface area contributed by atoms with Gasteiger partial charge < -0.3 is 5.73 Å². The number of aromatic nitrogens is 2. The van der Waals surface area contributed by atoms with Gasteiger partial charge in [-0.1, -0.05) is 0 Å². The summed E-state index contributed by atoms with van der Waals surface area (Å²) >= 11 is 0. The van der Waals surface area contributed by atoms with Crippen molar-refractivity contribution in [3.63, 3.8) is 0 Å². The molecular weight excluding hydrogens is 202 g/mol. The first kappa shape index (κ1) is 10.3. The summed E-state index contributed by atoms with van der Waals surface area (Å²) in [5.74, 6) is -0.0307. The molecule has 0 bridgehead atoms.